The first-order valence-corrected chi connectivity index (χ1v) is 6.00. The lowest BCUT2D eigenvalue weighted by atomic mass is 10.2. The second kappa shape index (κ2) is 4.93. The molecule has 1 aliphatic rings. The fourth-order valence-corrected chi connectivity index (χ4v) is 2.26. The molecular weight excluding hydrogens is 236 g/mol. The third-order valence-corrected chi connectivity index (χ3v) is 2.91. The summed E-state index contributed by atoms with van der Waals surface area (Å²) >= 11 is 5.03. The van der Waals surface area contributed by atoms with Crippen LogP contribution in [0.1, 0.15) is 19.4 Å². The predicted molar refractivity (Wildman–Crippen MR) is 70.1 cm³/mol. The molecule has 0 spiro atoms. The molecule has 6 heteroatoms. The molecule has 92 valence electrons. The topological polar surface area (TPSA) is 64.3 Å². The smallest absolute Gasteiger partial charge is 0.161 e. The van der Waals surface area contributed by atoms with Gasteiger partial charge in [0.25, 0.3) is 0 Å². The van der Waals surface area contributed by atoms with Crippen LogP contribution in [-0.2, 0) is 4.74 Å². The first-order valence-electron chi connectivity index (χ1n) is 5.60. The largest absolute Gasteiger partial charge is 0.389 e. The number of hydrogen-bond donors (Lipinski definition) is 1. The average Bonchev–Trinajstić information content (AvgIpc) is 2.27. The van der Waals surface area contributed by atoms with E-state index < -0.39 is 0 Å². The van der Waals surface area contributed by atoms with Gasteiger partial charge in [0.05, 0.1) is 24.0 Å². The Hall–Kier alpha value is -1.27. The van der Waals surface area contributed by atoms with Gasteiger partial charge >= 0.3 is 0 Å². The summed E-state index contributed by atoms with van der Waals surface area (Å²) in [6.07, 6.45) is 1.94. The van der Waals surface area contributed by atoms with Crippen LogP contribution in [0, 0.1) is 0 Å². The maximum atomic E-state index is 5.70. The summed E-state index contributed by atoms with van der Waals surface area (Å²) in [7, 11) is 0. The van der Waals surface area contributed by atoms with E-state index in [2.05, 4.69) is 15.1 Å². The number of anilines is 1. The predicted octanol–water partition coefficient (Wildman–Crippen LogP) is 0.724. The van der Waals surface area contributed by atoms with E-state index in [-0.39, 0.29) is 12.2 Å². The molecule has 1 aromatic rings. The van der Waals surface area contributed by atoms with Crippen LogP contribution in [-0.4, -0.2) is 40.5 Å². The number of thiocarbonyl (C=S) groups is 1. The van der Waals surface area contributed by atoms with Crippen molar-refractivity contribution in [3.8, 4) is 0 Å². The minimum atomic E-state index is 0.167. The molecular formula is C11H16N4OS. The van der Waals surface area contributed by atoms with Crippen molar-refractivity contribution in [2.75, 3.05) is 18.0 Å². The van der Waals surface area contributed by atoms with Crippen molar-refractivity contribution >= 4 is 23.0 Å². The second-order valence-electron chi connectivity index (χ2n) is 4.30. The van der Waals surface area contributed by atoms with Gasteiger partial charge in [0.15, 0.2) is 5.82 Å². The molecule has 0 bridgehead atoms. The van der Waals surface area contributed by atoms with Gasteiger partial charge in [-0.05, 0) is 19.9 Å². The van der Waals surface area contributed by atoms with Crippen molar-refractivity contribution < 1.29 is 4.74 Å². The monoisotopic (exact) mass is 252 g/mol. The standard InChI is InChI=1S/C11H16N4OS/c1-7-5-15(6-8(2)16-7)11-9(10(12)17)3-4-13-14-11/h3-4,7-8H,5-6H2,1-2H3,(H2,12,17)/t7-,8+. The fourth-order valence-electron chi connectivity index (χ4n) is 2.10. The Labute approximate surface area is 106 Å². The molecule has 1 fully saturated rings. The molecule has 5 nitrogen and oxygen atoms in total. The highest BCUT2D eigenvalue weighted by Crippen LogP contribution is 2.21. The number of hydrogen-bond acceptors (Lipinski definition) is 5. The Balaban J connectivity index is 2.30. The zero-order chi connectivity index (χ0) is 12.4. The van der Waals surface area contributed by atoms with E-state index in [1.165, 1.54) is 0 Å². The number of nitrogens with two attached hydrogens (primary N) is 1. The lowest BCUT2D eigenvalue weighted by molar-refractivity contribution is -0.00551. The molecule has 0 amide bonds. The molecule has 1 aromatic heterocycles. The highest BCUT2D eigenvalue weighted by molar-refractivity contribution is 7.80. The van der Waals surface area contributed by atoms with Gasteiger partial charge in [0.1, 0.15) is 4.99 Å². The zero-order valence-electron chi connectivity index (χ0n) is 9.96. The van der Waals surface area contributed by atoms with E-state index in [4.69, 9.17) is 22.7 Å². The minimum absolute atomic E-state index is 0.167. The molecule has 2 atom stereocenters. The lowest BCUT2D eigenvalue weighted by Gasteiger charge is -2.36. The summed E-state index contributed by atoms with van der Waals surface area (Å²) < 4.78 is 5.68. The molecule has 0 unspecified atom stereocenters. The van der Waals surface area contributed by atoms with Gasteiger partial charge in [-0.1, -0.05) is 12.2 Å². The van der Waals surface area contributed by atoms with Gasteiger partial charge in [-0.15, -0.1) is 5.10 Å². The lowest BCUT2D eigenvalue weighted by Crippen LogP contribution is -2.46. The first-order chi connectivity index (χ1) is 8.08. The van der Waals surface area contributed by atoms with Crippen molar-refractivity contribution in [1.29, 1.82) is 0 Å². The second-order valence-corrected chi connectivity index (χ2v) is 4.73. The highest BCUT2D eigenvalue weighted by Gasteiger charge is 2.25. The molecule has 0 radical (unpaired) electrons. The van der Waals surface area contributed by atoms with E-state index in [1.54, 1.807) is 12.3 Å². The normalized spacial score (nSPS) is 24.7. The van der Waals surface area contributed by atoms with Crippen LogP contribution in [0.2, 0.25) is 0 Å². The summed E-state index contributed by atoms with van der Waals surface area (Å²) in [5.41, 5.74) is 6.47. The van der Waals surface area contributed by atoms with Crippen molar-refractivity contribution in [3.05, 3.63) is 17.8 Å². The van der Waals surface area contributed by atoms with Crippen LogP contribution in [0.5, 0.6) is 0 Å². The number of rotatable bonds is 2. The molecule has 2 N–H and O–H groups in total. The Morgan fingerprint density at radius 3 is 2.71 bits per heavy atom. The van der Waals surface area contributed by atoms with Gasteiger partial charge in [0, 0.05) is 13.1 Å². The summed E-state index contributed by atoms with van der Waals surface area (Å²) in [4.78, 5) is 2.47. The SMILES string of the molecule is C[C@@H]1CN(c2nnccc2C(N)=S)C[C@H](C)O1. The minimum Gasteiger partial charge on any atom is -0.389 e. The van der Waals surface area contributed by atoms with Crippen LogP contribution in [0.15, 0.2) is 12.3 Å². The van der Waals surface area contributed by atoms with Gasteiger partial charge < -0.3 is 15.4 Å². The van der Waals surface area contributed by atoms with E-state index in [9.17, 15) is 0 Å². The van der Waals surface area contributed by atoms with Crippen molar-refractivity contribution in [2.24, 2.45) is 5.73 Å². The maximum absolute atomic E-state index is 5.70. The number of aromatic nitrogens is 2. The molecule has 17 heavy (non-hydrogen) atoms. The van der Waals surface area contributed by atoms with Crippen molar-refractivity contribution in [1.82, 2.24) is 10.2 Å². The van der Waals surface area contributed by atoms with E-state index in [0.29, 0.717) is 4.99 Å². The van der Waals surface area contributed by atoms with Crippen molar-refractivity contribution in [2.45, 2.75) is 26.1 Å². The molecule has 0 saturated carbocycles. The highest BCUT2D eigenvalue weighted by atomic mass is 32.1. The fraction of sp³-hybridized carbons (Fsp3) is 0.545. The number of nitrogens with zero attached hydrogens (tertiary/aromatic N) is 3. The van der Waals surface area contributed by atoms with Crippen LogP contribution < -0.4 is 10.6 Å². The molecule has 1 aliphatic heterocycles. The van der Waals surface area contributed by atoms with Crippen LogP contribution >= 0.6 is 12.2 Å². The molecule has 2 heterocycles. The molecule has 0 aliphatic carbocycles. The summed E-state index contributed by atoms with van der Waals surface area (Å²) in [6.45, 7) is 5.64. The molecule has 2 rings (SSSR count). The average molecular weight is 252 g/mol. The molecule has 0 aromatic carbocycles. The van der Waals surface area contributed by atoms with Gasteiger partial charge in [-0.3, -0.25) is 0 Å². The van der Waals surface area contributed by atoms with Crippen molar-refractivity contribution in [3.63, 3.8) is 0 Å². The molecule has 1 saturated heterocycles. The third-order valence-electron chi connectivity index (χ3n) is 2.69. The van der Waals surface area contributed by atoms with Crippen LogP contribution in [0.4, 0.5) is 5.82 Å². The van der Waals surface area contributed by atoms with E-state index in [0.717, 1.165) is 24.5 Å². The van der Waals surface area contributed by atoms with Crippen LogP contribution in [0.25, 0.3) is 0 Å². The maximum Gasteiger partial charge on any atom is 0.161 e. The van der Waals surface area contributed by atoms with E-state index in [1.807, 2.05) is 13.8 Å². The Bertz CT molecular complexity index is 416. The van der Waals surface area contributed by atoms with E-state index >= 15 is 0 Å². The summed E-state index contributed by atoms with van der Waals surface area (Å²) in [6, 6.07) is 1.80. The number of morpholine rings is 1. The Kier molecular flexibility index (Phi) is 3.54. The Morgan fingerprint density at radius 1 is 1.47 bits per heavy atom. The first kappa shape index (κ1) is 12.2. The quantitative estimate of drug-likeness (QED) is 0.783. The zero-order valence-corrected chi connectivity index (χ0v) is 10.8. The van der Waals surface area contributed by atoms with Crippen LogP contribution in [0.3, 0.4) is 0 Å². The van der Waals surface area contributed by atoms with Gasteiger partial charge in [-0.25, -0.2) is 0 Å². The number of ether oxygens (including phenoxy) is 1. The van der Waals surface area contributed by atoms with Gasteiger partial charge in [-0.2, -0.15) is 5.10 Å². The summed E-state index contributed by atoms with van der Waals surface area (Å²) in [5, 5.41) is 8.05. The van der Waals surface area contributed by atoms with Gasteiger partial charge in [0.2, 0.25) is 0 Å². The Morgan fingerprint density at radius 2 is 2.12 bits per heavy atom. The third kappa shape index (κ3) is 2.70. The summed E-state index contributed by atoms with van der Waals surface area (Å²) in [5.74, 6) is 0.752.